The van der Waals surface area contributed by atoms with Gasteiger partial charge in [0.2, 0.25) is 6.29 Å². The second-order valence-electron chi connectivity index (χ2n) is 3.21. The zero-order valence-corrected chi connectivity index (χ0v) is 6.89. The van der Waals surface area contributed by atoms with Crippen LogP contribution >= 0.6 is 0 Å². The Labute approximate surface area is 62.2 Å². The van der Waals surface area contributed by atoms with E-state index < -0.39 is 0 Å². The van der Waals surface area contributed by atoms with Gasteiger partial charge in [-0.05, 0) is 0 Å². The van der Waals surface area contributed by atoms with E-state index in [1.165, 1.54) is 0 Å². The quantitative estimate of drug-likeness (QED) is 0.396. The van der Waals surface area contributed by atoms with Gasteiger partial charge in [-0.2, -0.15) is 0 Å². The van der Waals surface area contributed by atoms with E-state index in [1.54, 1.807) is 6.29 Å². The predicted octanol–water partition coefficient (Wildman–Crippen LogP) is -0.181. The monoisotopic (exact) mass is 145 g/mol. The summed E-state index contributed by atoms with van der Waals surface area (Å²) < 4.78 is 5.78. The minimum absolute atomic E-state index is 0.0972. The van der Waals surface area contributed by atoms with Gasteiger partial charge in [-0.15, -0.1) is 0 Å². The second kappa shape index (κ2) is 4.41. The van der Waals surface area contributed by atoms with Gasteiger partial charge in [0.25, 0.3) is 0 Å². The molecule has 0 fully saturated rings. The van der Waals surface area contributed by atoms with E-state index in [0.717, 1.165) is 11.0 Å². The molecule has 59 valence electrons. The minimum Gasteiger partial charge on any atom is -0.367 e. The van der Waals surface area contributed by atoms with E-state index in [0.29, 0.717) is 6.61 Å². The third kappa shape index (κ3) is 7.59. The molecule has 3 nitrogen and oxygen atoms in total. The van der Waals surface area contributed by atoms with Crippen molar-refractivity contribution in [1.29, 1.82) is 0 Å². The van der Waals surface area contributed by atoms with Crippen LogP contribution in [0.5, 0.6) is 0 Å². The third-order valence-electron chi connectivity index (χ3n) is 1.07. The first kappa shape index (κ1) is 9.59. The summed E-state index contributed by atoms with van der Waals surface area (Å²) in [6, 6.07) is 0. The molecule has 0 saturated carbocycles. The molecular weight excluding hydrogens is 130 g/mol. The number of rotatable bonds is 5. The van der Waals surface area contributed by atoms with E-state index in [-0.39, 0.29) is 6.61 Å². The molecule has 0 N–H and O–H groups in total. The van der Waals surface area contributed by atoms with Gasteiger partial charge in [-0.25, -0.2) is 0 Å². The Kier molecular flexibility index (Phi) is 4.23. The number of ether oxygens (including phenoxy) is 1. The molecule has 0 aromatic heterocycles. The highest BCUT2D eigenvalue weighted by Gasteiger charge is 2.04. The highest BCUT2D eigenvalue weighted by atomic mass is 16.5. The summed E-state index contributed by atoms with van der Waals surface area (Å²) in [5.74, 6) is 0. The van der Waals surface area contributed by atoms with Gasteiger partial charge >= 0.3 is 0 Å². The maximum Gasteiger partial charge on any atom is 0.226 e. The standard InChI is InChI=1S/C7H15NO2/c1-8(2,3)4-6-10-7-5-9/h4,6-7H2,1-3H3/q+1. The van der Waals surface area contributed by atoms with Crippen LogP contribution in [0.3, 0.4) is 0 Å². The predicted molar refractivity (Wildman–Crippen MR) is 39.4 cm³/mol. The first-order chi connectivity index (χ1) is 4.56. The summed E-state index contributed by atoms with van der Waals surface area (Å²) in [5, 5.41) is 0. The molecule has 1 radical (unpaired) electrons. The smallest absolute Gasteiger partial charge is 0.226 e. The van der Waals surface area contributed by atoms with Gasteiger partial charge in [0.15, 0.2) is 0 Å². The molecule has 0 aliphatic heterocycles. The zero-order chi connectivity index (χ0) is 8.04. The van der Waals surface area contributed by atoms with Crippen molar-refractivity contribution in [1.82, 2.24) is 0 Å². The summed E-state index contributed by atoms with van der Waals surface area (Å²) in [7, 11) is 6.23. The first-order valence-electron chi connectivity index (χ1n) is 3.29. The van der Waals surface area contributed by atoms with Crippen LogP contribution in [-0.2, 0) is 9.53 Å². The molecule has 0 saturated heterocycles. The number of nitrogens with zero attached hydrogens (tertiary/aromatic N) is 1. The molecule has 0 heterocycles. The van der Waals surface area contributed by atoms with Crippen molar-refractivity contribution in [3.8, 4) is 0 Å². The fourth-order valence-electron chi connectivity index (χ4n) is 0.452. The Morgan fingerprint density at radius 1 is 1.40 bits per heavy atom. The highest BCUT2D eigenvalue weighted by molar-refractivity contribution is 5.51. The molecular formula is C7H15NO2+. The van der Waals surface area contributed by atoms with Crippen molar-refractivity contribution >= 4 is 6.29 Å². The van der Waals surface area contributed by atoms with Gasteiger partial charge in [-0.1, -0.05) is 0 Å². The molecule has 0 atom stereocenters. The maximum atomic E-state index is 9.67. The molecule has 0 unspecified atom stereocenters. The van der Waals surface area contributed by atoms with Crippen LogP contribution in [0, 0.1) is 0 Å². The van der Waals surface area contributed by atoms with Crippen LogP contribution in [0.4, 0.5) is 0 Å². The molecule has 0 aliphatic rings. The van der Waals surface area contributed by atoms with Crippen molar-refractivity contribution in [2.45, 2.75) is 0 Å². The Hall–Kier alpha value is -0.410. The van der Waals surface area contributed by atoms with Crippen molar-refractivity contribution in [3.05, 3.63) is 0 Å². The largest absolute Gasteiger partial charge is 0.367 e. The number of hydrogen-bond donors (Lipinski definition) is 0. The summed E-state index contributed by atoms with van der Waals surface area (Å²) in [6.45, 7) is 1.64. The number of hydrogen-bond acceptors (Lipinski definition) is 2. The van der Waals surface area contributed by atoms with E-state index in [4.69, 9.17) is 4.74 Å². The fraction of sp³-hybridized carbons (Fsp3) is 0.857. The Morgan fingerprint density at radius 3 is 2.40 bits per heavy atom. The molecule has 0 spiro atoms. The van der Waals surface area contributed by atoms with Crippen LogP contribution in [0.1, 0.15) is 0 Å². The van der Waals surface area contributed by atoms with E-state index in [1.807, 2.05) is 0 Å². The average molecular weight is 145 g/mol. The highest BCUT2D eigenvalue weighted by Crippen LogP contribution is 1.88. The minimum atomic E-state index is 0.0972. The number of quaternary nitrogens is 1. The molecule has 0 aromatic rings. The molecule has 0 amide bonds. The molecule has 0 bridgehead atoms. The third-order valence-corrected chi connectivity index (χ3v) is 1.07. The maximum absolute atomic E-state index is 9.67. The normalized spacial score (nSPS) is 11.5. The Balaban J connectivity index is 3.12. The van der Waals surface area contributed by atoms with Crippen LogP contribution in [0.25, 0.3) is 0 Å². The Bertz CT molecular complexity index is 96.3. The summed E-state index contributed by atoms with van der Waals surface area (Å²) in [4.78, 5) is 9.67. The lowest BCUT2D eigenvalue weighted by molar-refractivity contribution is -0.870. The lowest BCUT2D eigenvalue weighted by Crippen LogP contribution is -2.37. The van der Waals surface area contributed by atoms with Gasteiger partial charge in [0.05, 0.1) is 27.7 Å². The fourth-order valence-corrected chi connectivity index (χ4v) is 0.452. The summed E-state index contributed by atoms with van der Waals surface area (Å²) in [5.41, 5.74) is 0. The zero-order valence-electron chi connectivity index (χ0n) is 6.89. The summed E-state index contributed by atoms with van der Waals surface area (Å²) >= 11 is 0. The van der Waals surface area contributed by atoms with Gasteiger partial charge < -0.3 is 9.22 Å². The van der Waals surface area contributed by atoms with Gasteiger partial charge in [0.1, 0.15) is 13.2 Å². The molecule has 3 heteroatoms. The van der Waals surface area contributed by atoms with Crippen LogP contribution in [0.2, 0.25) is 0 Å². The van der Waals surface area contributed by atoms with Crippen LogP contribution in [0.15, 0.2) is 0 Å². The lowest BCUT2D eigenvalue weighted by atomic mass is 10.5. The molecule has 0 aliphatic carbocycles. The van der Waals surface area contributed by atoms with Crippen LogP contribution < -0.4 is 0 Å². The Morgan fingerprint density at radius 2 is 2.00 bits per heavy atom. The van der Waals surface area contributed by atoms with E-state index in [2.05, 4.69) is 21.1 Å². The van der Waals surface area contributed by atoms with E-state index >= 15 is 0 Å². The topological polar surface area (TPSA) is 26.3 Å². The summed E-state index contributed by atoms with van der Waals surface area (Å²) in [6.07, 6.45) is 1.67. The lowest BCUT2D eigenvalue weighted by Gasteiger charge is -2.23. The van der Waals surface area contributed by atoms with Crippen LogP contribution in [-0.4, -0.2) is 51.7 Å². The van der Waals surface area contributed by atoms with Crippen molar-refractivity contribution in [3.63, 3.8) is 0 Å². The van der Waals surface area contributed by atoms with Gasteiger partial charge in [0, 0.05) is 0 Å². The average Bonchev–Trinajstić information content (AvgIpc) is 1.78. The number of likely N-dealkylation sites (N-methyl/N-ethyl adjacent to an activating group) is 1. The van der Waals surface area contributed by atoms with Crippen molar-refractivity contribution in [2.75, 3.05) is 40.9 Å². The van der Waals surface area contributed by atoms with E-state index in [9.17, 15) is 4.79 Å². The molecule has 0 rings (SSSR count). The molecule has 0 aromatic carbocycles. The number of carbonyl (C=O) groups excluding carboxylic acids is 1. The van der Waals surface area contributed by atoms with Crippen molar-refractivity contribution < 1.29 is 14.0 Å². The van der Waals surface area contributed by atoms with Crippen molar-refractivity contribution in [2.24, 2.45) is 0 Å². The first-order valence-corrected chi connectivity index (χ1v) is 3.29. The SMILES string of the molecule is C[N+](C)(C)CCOC[C]=O. The second-order valence-corrected chi connectivity index (χ2v) is 3.21. The molecule has 10 heavy (non-hydrogen) atoms. The van der Waals surface area contributed by atoms with Gasteiger partial charge in [-0.3, -0.25) is 4.79 Å².